The van der Waals surface area contributed by atoms with E-state index in [4.69, 9.17) is 5.11 Å². The highest BCUT2D eigenvalue weighted by molar-refractivity contribution is 7.92. The SMILES string of the molecule is Cc1cc(S(=O)(=O)Nc2ccc(O)cc2)ccc1C=O. The monoisotopic (exact) mass is 291 g/mol. The van der Waals surface area contributed by atoms with Crippen LogP contribution in [0.3, 0.4) is 0 Å². The van der Waals surface area contributed by atoms with Gasteiger partial charge in [0.05, 0.1) is 4.90 Å². The van der Waals surface area contributed by atoms with Crippen molar-refractivity contribution in [1.82, 2.24) is 0 Å². The summed E-state index contributed by atoms with van der Waals surface area (Å²) in [5.74, 6) is 0.0547. The van der Waals surface area contributed by atoms with E-state index in [2.05, 4.69) is 4.72 Å². The second-order valence-corrected chi connectivity index (χ2v) is 5.97. The van der Waals surface area contributed by atoms with Crippen molar-refractivity contribution in [3.8, 4) is 5.75 Å². The van der Waals surface area contributed by atoms with Crippen LogP contribution < -0.4 is 4.72 Å². The van der Waals surface area contributed by atoms with E-state index in [1.807, 2.05) is 0 Å². The molecule has 5 nitrogen and oxygen atoms in total. The van der Waals surface area contributed by atoms with E-state index in [0.29, 0.717) is 23.1 Å². The number of rotatable bonds is 4. The van der Waals surface area contributed by atoms with Gasteiger partial charge in [-0.1, -0.05) is 6.07 Å². The van der Waals surface area contributed by atoms with Gasteiger partial charge in [-0.05, 0) is 48.9 Å². The molecule has 0 aromatic heterocycles. The fourth-order valence-corrected chi connectivity index (χ4v) is 2.83. The summed E-state index contributed by atoms with van der Waals surface area (Å²) in [6.07, 6.45) is 0.680. The van der Waals surface area contributed by atoms with Crippen molar-refractivity contribution < 1.29 is 18.3 Å². The van der Waals surface area contributed by atoms with E-state index >= 15 is 0 Å². The van der Waals surface area contributed by atoms with Crippen molar-refractivity contribution in [2.45, 2.75) is 11.8 Å². The Balaban J connectivity index is 2.33. The van der Waals surface area contributed by atoms with Gasteiger partial charge in [0, 0.05) is 11.3 Å². The minimum Gasteiger partial charge on any atom is -0.508 e. The molecule has 20 heavy (non-hydrogen) atoms. The summed E-state index contributed by atoms with van der Waals surface area (Å²) in [5, 5.41) is 9.16. The molecule has 2 aromatic rings. The average Bonchev–Trinajstić information content (AvgIpc) is 2.41. The molecule has 2 rings (SSSR count). The molecular formula is C14H13NO4S. The molecule has 6 heteroatoms. The van der Waals surface area contributed by atoms with Gasteiger partial charge in [-0.15, -0.1) is 0 Å². The largest absolute Gasteiger partial charge is 0.508 e. The Morgan fingerprint density at radius 2 is 1.75 bits per heavy atom. The molecule has 0 atom stereocenters. The number of aldehydes is 1. The number of nitrogens with one attached hydrogen (secondary N) is 1. The van der Waals surface area contributed by atoms with E-state index in [0.717, 1.165) is 0 Å². The number of anilines is 1. The Kier molecular flexibility index (Phi) is 3.76. The standard InChI is InChI=1S/C14H13NO4S/c1-10-8-14(7-2-11(10)9-16)20(18,19)15-12-3-5-13(17)6-4-12/h2-9,15,17H,1H3. The molecule has 0 amide bonds. The van der Waals surface area contributed by atoms with Gasteiger partial charge in [0.25, 0.3) is 10.0 Å². The van der Waals surface area contributed by atoms with Gasteiger partial charge in [0.1, 0.15) is 12.0 Å². The summed E-state index contributed by atoms with van der Waals surface area (Å²) >= 11 is 0. The molecule has 0 fully saturated rings. The fourth-order valence-electron chi connectivity index (χ4n) is 1.69. The van der Waals surface area contributed by atoms with Crippen molar-refractivity contribution in [3.63, 3.8) is 0 Å². The molecular weight excluding hydrogens is 278 g/mol. The number of aromatic hydroxyl groups is 1. The van der Waals surface area contributed by atoms with Crippen LogP contribution in [-0.4, -0.2) is 19.8 Å². The van der Waals surface area contributed by atoms with Crippen LogP contribution in [0.5, 0.6) is 5.75 Å². The molecule has 0 unspecified atom stereocenters. The molecule has 0 bridgehead atoms. The summed E-state index contributed by atoms with van der Waals surface area (Å²) < 4.78 is 26.8. The number of benzene rings is 2. The molecule has 0 radical (unpaired) electrons. The number of hydrogen-bond donors (Lipinski definition) is 2. The van der Waals surface area contributed by atoms with Crippen LogP contribution in [0.4, 0.5) is 5.69 Å². The topological polar surface area (TPSA) is 83.5 Å². The summed E-state index contributed by atoms with van der Waals surface area (Å²) in [7, 11) is -3.72. The minimum absolute atomic E-state index is 0.0547. The van der Waals surface area contributed by atoms with Gasteiger partial charge >= 0.3 is 0 Å². The summed E-state index contributed by atoms with van der Waals surface area (Å²) in [4.78, 5) is 10.8. The van der Waals surface area contributed by atoms with Crippen molar-refractivity contribution >= 4 is 22.0 Å². The average molecular weight is 291 g/mol. The highest BCUT2D eigenvalue weighted by Gasteiger charge is 2.15. The molecule has 0 saturated carbocycles. The van der Waals surface area contributed by atoms with E-state index in [9.17, 15) is 13.2 Å². The maximum Gasteiger partial charge on any atom is 0.261 e. The molecule has 2 aromatic carbocycles. The summed E-state index contributed by atoms with van der Waals surface area (Å²) in [5.41, 5.74) is 1.39. The highest BCUT2D eigenvalue weighted by atomic mass is 32.2. The number of carbonyl (C=O) groups is 1. The van der Waals surface area contributed by atoms with Crippen LogP contribution in [0.1, 0.15) is 15.9 Å². The second-order valence-electron chi connectivity index (χ2n) is 4.29. The lowest BCUT2D eigenvalue weighted by atomic mass is 10.1. The lowest BCUT2D eigenvalue weighted by molar-refractivity contribution is 0.112. The van der Waals surface area contributed by atoms with E-state index in [-0.39, 0.29) is 10.6 Å². The molecule has 104 valence electrons. The first-order valence-corrected chi connectivity index (χ1v) is 7.28. The first-order chi connectivity index (χ1) is 9.42. The van der Waals surface area contributed by atoms with Crippen molar-refractivity contribution in [3.05, 3.63) is 53.6 Å². The van der Waals surface area contributed by atoms with Crippen LogP contribution in [0.25, 0.3) is 0 Å². The number of aryl methyl sites for hydroxylation is 1. The fraction of sp³-hybridized carbons (Fsp3) is 0.0714. The van der Waals surface area contributed by atoms with Crippen LogP contribution in [0, 0.1) is 6.92 Å². The zero-order valence-corrected chi connectivity index (χ0v) is 11.5. The molecule has 0 heterocycles. The van der Waals surface area contributed by atoms with E-state index in [1.54, 1.807) is 6.92 Å². The van der Waals surface area contributed by atoms with Gasteiger partial charge < -0.3 is 5.11 Å². The summed E-state index contributed by atoms with van der Waals surface area (Å²) in [6, 6.07) is 9.97. The summed E-state index contributed by atoms with van der Waals surface area (Å²) in [6.45, 7) is 1.67. The maximum atomic E-state index is 12.2. The normalized spacial score (nSPS) is 11.1. The van der Waals surface area contributed by atoms with Crippen LogP contribution >= 0.6 is 0 Å². The number of phenolic OH excluding ortho intramolecular Hbond substituents is 1. The van der Waals surface area contributed by atoms with Gasteiger partial charge in [0.2, 0.25) is 0 Å². The zero-order chi connectivity index (χ0) is 14.8. The Hall–Kier alpha value is -2.34. The molecule has 0 aliphatic heterocycles. The Morgan fingerprint density at radius 3 is 2.30 bits per heavy atom. The van der Waals surface area contributed by atoms with E-state index < -0.39 is 10.0 Å². The third-order valence-corrected chi connectivity index (χ3v) is 4.18. The first-order valence-electron chi connectivity index (χ1n) is 5.80. The van der Waals surface area contributed by atoms with Crippen molar-refractivity contribution in [2.75, 3.05) is 4.72 Å². The van der Waals surface area contributed by atoms with Gasteiger partial charge in [-0.2, -0.15) is 0 Å². The Morgan fingerprint density at radius 1 is 1.10 bits per heavy atom. The predicted molar refractivity (Wildman–Crippen MR) is 75.5 cm³/mol. The van der Waals surface area contributed by atoms with E-state index in [1.165, 1.54) is 42.5 Å². The quantitative estimate of drug-likeness (QED) is 0.669. The molecule has 0 aliphatic rings. The number of carbonyl (C=O) groups excluding carboxylic acids is 1. The zero-order valence-electron chi connectivity index (χ0n) is 10.7. The Labute approximate surface area is 116 Å². The number of sulfonamides is 1. The van der Waals surface area contributed by atoms with Crippen LogP contribution in [-0.2, 0) is 10.0 Å². The maximum absolute atomic E-state index is 12.2. The third kappa shape index (κ3) is 2.97. The Bertz CT molecular complexity index is 736. The number of phenols is 1. The van der Waals surface area contributed by atoms with Crippen LogP contribution in [0.15, 0.2) is 47.4 Å². The van der Waals surface area contributed by atoms with Crippen molar-refractivity contribution in [2.24, 2.45) is 0 Å². The van der Waals surface area contributed by atoms with Gasteiger partial charge in [0.15, 0.2) is 0 Å². The molecule has 0 saturated heterocycles. The third-order valence-electron chi connectivity index (χ3n) is 2.80. The highest BCUT2D eigenvalue weighted by Crippen LogP contribution is 2.20. The number of hydrogen-bond acceptors (Lipinski definition) is 4. The molecule has 0 spiro atoms. The minimum atomic E-state index is -3.72. The smallest absolute Gasteiger partial charge is 0.261 e. The molecule has 2 N–H and O–H groups in total. The lowest BCUT2D eigenvalue weighted by Gasteiger charge is -2.09. The predicted octanol–water partition coefficient (Wildman–Crippen LogP) is 2.31. The second kappa shape index (κ2) is 5.34. The van der Waals surface area contributed by atoms with Gasteiger partial charge in [-0.25, -0.2) is 8.42 Å². The van der Waals surface area contributed by atoms with Crippen LogP contribution in [0.2, 0.25) is 0 Å². The lowest BCUT2D eigenvalue weighted by Crippen LogP contribution is -2.13. The molecule has 0 aliphatic carbocycles. The van der Waals surface area contributed by atoms with Crippen molar-refractivity contribution in [1.29, 1.82) is 0 Å². The van der Waals surface area contributed by atoms with Gasteiger partial charge in [-0.3, -0.25) is 9.52 Å². The first kappa shape index (κ1) is 14.1.